The summed E-state index contributed by atoms with van der Waals surface area (Å²) in [6.07, 6.45) is 6.92. The molecule has 2 aromatic carbocycles. The van der Waals surface area contributed by atoms with E-state index in [1.165, 1.54) is 0 Å². The van der Waals surface area contributed by atoms with Crippen LogP contribution in [0.25, 0.3) is 28.1 Å². The highest BCUT2D eigenvalue weighted by atomic mass is 16.3. The number of rotatable bonds is 6. The van der Waals surface area contributed by atoms with Crippen molar-refractivity contribution < 1.29 is 5.11 Å². The summed E-state index contributed by atoms with van der Waals surface area (Å²) in [5, 5.41) is 13.3. The molecule has 1 unspecified atom stereocenters. The SMILES string of the molecule is Cc1cc(-n2ccnc2)cc2[nH]c(-c3c(NC(CO)c4ccccc4)cc[nH]c3=O)nc12. The average Bonchev–Trinajstić information content (AvgIpc) is 3.48. The molecule has 5 rings (SSSR count). The largest absolute Gasteiger partial charge is 0.394 e. The summed E-state index contributed by atoms with van der Waals surface area (Å²) in [6.45, 7) is 1.86. The molecule has 160 valence electrons. The van der Waals surface area contributed by atoms with Crippen molar-refractivity contribution in [2.45, 2.75) is 13.0 Å². The Hall–Kier alpha value is -4.17. The van der Waals surface area contributed by atoms with Crippen LogP contribution in [0.3, 0.4) is 0 Å². The second-order valence-corrected chi connectivity index (χ2v) is 7.60. The van der Waals surface area contributed by atoms with Crippen LogP contribution < -0.4 is 10.9 Å². The lowest BCUT2D eigenvalue weighted by molar-refractivity contribution is 0.276. The topological polar surface area (TPSA) is 112 Å². The Kier molecular flexibility index (Phi) is 5.04. The third kappa shape index (κ3) is 3.57. The van der Waals surface area contributed by atoms with E-state index in [0.717, 1.165) is 27.8 Å². The molecule has 0 radical (unpaired) electrons. The maximum atomic E-state index is 12.8. The molecule has 0 saturated heterocycles. The molecule has 3 heterocycles. The predicted molar refractivity (Wildman–Crippen MR) is 124 cm³/mol. The van der Waals surface area contributed by atoms with Crippen LogP contribution in [0.15, 0.2) is 78.2 Å². The quantitative estimate of drug-likeness (QED) is 0.332. The zero-order valence-electron chi connectivity index (χ0n) is 17.4. The Morgan fingerprint density at radius 1 is 1.19 bits per heavy atom. The molecule has 8 heteroatoms. The highest BCUT2D eigenvalue weighted by molar-refractivity contribution is 5.86. The first kappa shape index (κ1) is 19.8. The smallest absolute Gasteiger partial charge is 0.261 e. The lowest BCUT2D eigenvalue weighted by atomic mass is 10.1. The number of aryl methyl sites for hydroxylation is 1. The number of nitrogens with one attached hydrogen (secondary N) is 3. The van der Waals surface area contributed by atoms with Crippen LogP contribution in [0, 0.1) is 6.92 Å². The summed E-state index contributed by atoms with van der Waals surface area (Å²) in [5.41, 5.74) is 5.17. The van der Waals surface area contributed by atoms with E-state index in [-0.39, 0.29) is 18.2 Å². The predicted octanol–water partition coefficient (Wildman–Crippen LogP) is 3.56. The van der Waals surface area contributed by atoms with Crippen LogP contribution in [0.4, 0.5) is 5.69 Å². The number of aromatic amines is 2. The van der Waals surface area contributed by atoms with Crippen LogP contribution >= 0.6 is 0 Å². The number of H-pyrrole nitrogens is 2. The van der Waals surface area contributed by atoms with Crippen LogP contribution in [-0.4, -0.2) is 36.2 Å². The van der Waals surface area contributed by atoms with E-state index < -0.39 is 0 Å². The number of aromatic nitrogens is 5. The Labute approximate surface area is 183 Å². The standard InChI is InChI=1S/C24H22N6O2/c1-15-11-17(30-10-9-25-14-30)12-19-22(15)29-23(28-19)21-18(7-8-26-24(21)32)27-20(13-31)16-5-3-2-4-6-16/h2-12,14,20,31H,13H2,1H3,(H,28,29)(H2,26,27,32). The average molecular weight is 426 g/mol. The summed E-state index contributed by atoms with van der Waals surface area (Å²) in [4.78, 5) is 27.7. The molecular formula is C24H22N6O2. The van der Waals surface area contributed by atoms with Gasteiger partial charge in [0.2, 0.25) is 0 Å². The van der Waals surface area contributed by atoms with Gasteiger partial charge in [-0.15, -0.1) is 0 Å². The fourth-order valence-electron chi connectivity index (χ4n) is 3.89. The summed E-state index contributed by atoms with van der Waals surface area (Å²) in [5.74, 6) is 0.458. The molecule has 1 atom stereocenters. The zero-order valence-corrected chi connectivity index (χ0v) is 17.4. The third-order valence-electron chi connectivity index (χ3n) is 5.48. The van der Waals surface area contributed by atoms with Crippen molar-refractivity contribution in [3.05, 3.63) is 94.9 Å². The Morgan fingerprint density at radius 2 is 2.03 bits per heavy atom. The highest BCUT2D eigenvalue weighted by Gasteiger charge is 2.19. The normalized spacial score (nSPS) is 12.2. The van der Waals surface area contributed by atoms with Gasteiger partial charge in [0.05, 0.1) is 35.7 Å². The van der Waals surface area contributed by atoms with Crippen molar-refractivity contribution in [1.29, 1.82) is 0 Å². The number of anilines is 1. The van der Waals surface area contributed by atoms with Gasteiger partial charge >= 0.3 is 0 Å². The van der Waals surface area contributed by atoms with Gasteiger partial charge < -0.3 is 25.0 Å². The maximum absolute atomic E-state index is 12.8. The van der Waals surface area contributed by atoms with Crippen molar-refractivity contribution in [3.8, 4) is 17.1 Å². The van der Waals surface area contributed by atoms with Gasteiger partial charge in [-0.1, -0.05) is 30.3 Å². The van der Waals surface area contributed by atoms with E-state index in [0.29, 0.717) is 17.1 Å². The lowest BCUT2D eigenvalue weighted by Crippen LogP contribution is -2.19. The molecule has 0 aliphatic rings. The molecule has 32 heavy (non-hydrogen) atoms. The number of imidazole rings is 2. The molecule has 0 aliphatic heterocycles. The van der Waals surface area contributed by atoms with Gasteiger partial charge in [-0.25, -0.2) is 9.97 Å². The van der Waals surface area contributed by atoms with Gasteiger partial charge in [0.15, 0.2) is 0 Å². The Balaban J connectivity index is 1.59. The molecular weight excluding hydrogens is 404 g/mol. The van der Waals surface area contributed by atoms with Crippen LogP contribution in [0.5, 0.6) is 0 Å². The van der Waals surface area contributed by atoms with Crippen LogP contribution in [0.2, 0.25) is 0 Å². The first-order chi connectivity index (χ1) is 15.6. The van der Waals surface area contributed by atoms with E-state index in [4.69, 9.17) is 4.98 Å². The minimum atomic E-state index is -0.365. The third-order valence-corrected chi connectivity index (χ3v) is 5.48. The number of hydrogen-bond acceptors (Lipinski definition) is 5. The van der Waals surface area contributed by atoms with E-state index in [1.54, 1.807) is 24.8 Å². The molecule has 4 N–H and O–H groups in total. The number of aliphatic hydroxyl groups is 1. The molecule has 0 fully saturated rings. The van der Waals surface area contributed by atoms with E-state index >= 15 is 0 Å². The van der Waals surface area contributed by atoms with E-state index in [9.17, 15) is 9.90 Å². The summed E-state index contributed by atoms with van der Waals surface area (Å²) >= 11 is 0. The van der Waals surface area contributed by atoms with Gasteiger partial charge in [-0.2, -0.15) is 0 Å². The number of aliphatic hydroxyl groups excluding tert-OH is 1. The molecule has 0 saturated carbocycles. The van der Waals surface area contributed by atoms with Crippen LogP contribution in [0.1, 0.15) is 17.2 Å². The van der Waals surface area contributed by atoms with Crippen molar-refractivity contribution in [3.63, 3.8) is 0 Å². The van der Waals surface area contributed by atoms with E-state index in [1.807, 2.05) is 60.2 Å². The van der Waals surface area contributed by atoms with Gasteiger partial charge in [-0.05, 0) is 36.2 Å². The molecule has 0 amide bonds. The zero-order chi connectivity index (χ0) is 22.1. The van der Waals surface area contributed by atoms with Gasteiger partial charge in [0, 0.05) is 24.3 Å². The molecule has 0 bridgehead atoms. The molecule has 8 nitrogen and oxygen atoms in total. The number of benzene rings is 2. The fraction of sp³-hybridized carbons (Fsp3) is 0.125. The number of fused-ring (bicyclic) bond motifs is 1. The summed E-state index contributed by atoms with van der Waals surface area (Å²) in [6, 6.07) is 15.0. The monoisotopic (exact) mass is 426 g/mol. The fourth-order valence-corrected chi connectivity index (χ4v) is 3.89. The first-order valence-corrected chi connectivity index (χ1v) is 10.3. The minimum absolute atomic E-state index is 0.121. The molecule has 3 aromatic heterocycles. The molecule has 0 spiro atoms. The number of pyridine rings is 1. The highest BCUT2D eigenvalue weighted by Crippen LogP contribution is 2.29. The van der Waals surface area contributed by atoms with Crippen molar-refractivity contribution in [2.24, 2.45) is 0 Å². The van der Waals surface area contributed by atoms with Crippen molar-refractivity contribution in [2.75, 3.05) is 11.9 Å². The lowest BCUT2D eigenvalue weighted by Gasteiger charge is -2.19. The molecule has 5 aromatic rings. The summed E-state index contributed by atoms with van der Waals surface area (Å²) in [7, 11) is 0. The Bertz CT molecular complexity index is 1420. The Morgan fingerprint density at radius 3 is 2.78 bits per heavy atom. The second-order valence-electron chi connectivity index (χ2n) is 7.60. The number of nitrogens with zero attached hydrogens (tertiary/aromatic N) is 3. The number of hydrogen-bond donors (Lipinski definition) is 4. The second kappa shape index (κ2) is 8.16. The minimum Gasteiger partial charge on any atom is -0.394 e. The first-order valence-electron chi connectivity index (χ1n) is 10.3. The van der Waals surface area contributed by atoms with Crippen molar-refractivity contribution >= 4 is 16.7 Å². The van der Waals surface area contributed by atoms with Gasteiger partial charge in [-0.3, -0.25) is 4.79 Å². The van der Waals surface area contributed by atoms with Gasteiger partial charge in [0.25, 0.3) is 5.56 Å². The van der Waals surface area contributed by atoms with Gasteiger partial charge in [0.1, 0.15) is 11.4 Å². The maximum Gasteiger partial charge on any atom is 0.261 e. The van der Waals surface area contributed by atoms with Crippen molar-refractivity contribution in [1.82, 2.24) is 24.5 Å². The molecule has 0 aliphatic carbocycles. The summed E-state index contributed by atoms with van der Waals surface area (Å²) < 4.78 is 1.92. The van der Waals surface area contributed by atoms with Crippen LogP contribution in [-0.2, 0) is 0 Å². The van der Waals surface area contributed by atoms with E-state index in [2.05, 4.69) is 20.3 Å².